The van der Waals surface area contributed by atoms with Crippen LogP contribution in [-0.4, -0.2) is 79.0 Å². The van der Waals surface area contributed by atoms with Crippen molar-refractivity contribution in [3.05, 3.63) is 30.3 Å². The normalized spacial score (nSPS) is 11.7. The van der Waals surface area contributed by atoms with Crippen molar-refractivity contribution < 1.29 is 26.6 Å². The summed E-state index contributed by atoms with van der Waals surface area (Å²) in [6, 6.07) is 10.6. The topological polar surface area (TPSA) is 119 Å². The second kappa shape index (κ2) is 16.9. The third kappa shape index (κ3) is 11.2. The van der Waals surface area contributed by atoms with Gasteiger partial charge in [0.05, 0.1) is 6.17 Å². The molecular formula is C18H39N3O6Si2. The van der Waals surface area contributed by atoms with Crippen LogP contribution in [0.1, 0.15) is 12.8 Å². The molecule has 0 fully saturated rings. The van der Waals surface area contributed by atoms with Gasteiger partial charge in [-0.1, -0.05) is 18.2 Å². The fraction of sp³-hybridized carbons (Fsp3) is 0.667. The van der Waals surface area contributed by atoms with Gasteiger partial charge in [-0.2, -0.15) is 0 Å². The number of nitrogens with two attached hydrogens (primary N) is 2. The molecule has 0 saturated heterocycles. The van der Waals surface area contributed by atoms with Gasteiger partial charge in [0.2, 0.25) is 0 Å². The van der Waals surface area contributed by atoms with Gasteiger partial charge in [0.25, 0.3) is 0 Å². The maximum Gasteiger partial charge on any atom is 0.520 e. The first kappa shape index (κ1) is 28.1. The van der Waals surface area contributed by atoms with E-state index in [2.05, 4.69) is 5.32 Å². The Morgan fingerprint density at radius 2 is 1.28 bits per heavy atom. The number of rotatable bonds is 15. The van der Waals surface area contributed by atoms with E-state index in [-0.39, 0.29) is 0 Å². The van der Waals surface area contributed by atoms with E-state index >= 15 is 0 Å². The summed E-state index contributed by atoms with van der Waals surface area (Å²) in [5.74, 6) is 0. The van der Waals surface area contributed by atoms with Crippen LogP contribution in [0.4, 0.5) is 5.69 Å². The molecular weight excluding hydrogens is 410 g/mol. The number of hydrogen-bond acceptors (Lipinski definition) is 9. The molecule has 0 aliphatic rings. The molecule has 1 rings (SSSR count). The zero-order valence-corrected chi connectivity index (χ0v) is 20.4. The maximum atomic E-state index is 5.63. The van der Waals surface area contributed by atoms with E-state index in [1.807, 2.05) is 30.3 Å². The molecule has 0 spiro atoms. The summed E-state index contributed by atoms with van der Waals surface area (Å²) in [5.41, 5.74) is 11.8. The Morgan fingerprint density at radius 1 is 0.759 bits per heavy atom. The fourth-order valence-corrected chi connectivity index (χ4v) is 5.74. The third-order valence-electron chi connectivity index (χ3n) is 4.20. The van der Waals surface area contributed by atoms with Crippen molar-refractivity contribution in [2.24, 2.45) is 11.5 Å². The number of anilines is 1. The predicted molar refractivity (Wildman–Crippen MR) is 120 cm³/mol. The Bertz CT molecular complexity index is 485. The lowest BCUT2D eigenvalue weighted by atomic mass is 10.3. The smallest absolute Gasteiger partial charge is 0.381 e. The zero-order valence-electron chi connectivity index (χ0n) is 18.4. The van der Waals surface area contributed by atoms with Gasteiger partial charge < -0.3 is 43.3 Å². The third-order valence-corrected chi connectivity index (χ3v) is 9.53. The molecule has 0 amide bonds. The van der Waals surface area contributed by atoms with Crippen LogP contribution in [0.15, 0.2) is 30.3 Å². The van der Waals surface area contributed by atoms with Crippen LogP contribution >= 0.6 is 0 Å². The van der Waals surface area contributed by atoms with Crippen LogP contribution in [0.25, 0.3) is 0 Å². The summed E-state index contributed by atoms with van der Waals surface area (Å²) in [4.78, 5) is 0. The van der Waals surface area contributed by atoms with Gasteiger partial charge in [-0.25, -0.2) is 0 Å². The van der Waals surface area contributed by atoms with E-state index in [4.69, 9.17) is 38.0 Å². The second-order valence-electron chi connectivity index (χ2n) is 5.99. The first-order valence-electron chi connectivity index (χ1n) is 9.59. The Labute approximate surface area is 177 Å². The molecule has 0 aliphatic carbocycles. The molecule has 9 nitrogen and oxygen atoms in total. The molecule has 1 aromatic carbocycles. The summed E-state index contributed by atoms with van der Waals surface area (Å²) in [7, 11) is 3.10. The SMILES string of the molecule is CO[Si](CCCN)(OC)OCCCN.CO[Si](CNc1ccccc1)(OC)OC. The van der Waals surface area contributed by atoms with Crippen molar-refractivity contribution in [2.45, 2.75) is 18.9 Å². The van der Waals surface area contributed by atoms with Crippen LogP contribution in [0.5, 0.6) is 0 Å². The number of nitrogens with one attached hydrogen (secondary N) is 1. The highest BCUT2D eigenvalue weighted by atomic mass is 28.4. The van der Waals surface area contributed by atoms with Gasteiger partial charge in [-0.3, -0.25) is 0 Å². The number of para-hydroxylation sites is 1. The van der Waals surface area contributed by atoms with Gasteiger partial charge >= 0.3 is 17.6 Å². The molecule has 5 N–H and O–H groups in total. The molecule has 11 heteroatoms. The minimum absolute atomic E-state index is 0.556. The van der Waals surface area contributed by atoms with Crippen molar-refractivity contribution in [2.75, 3.05) is 66.7 Å². The molecule has 0 bridgehead atoms. The quantitative estimate of drug-likeness (QED) is 0.270. The van der Waals surface area contributed by atoms with Crippen LogP contribution < -0.4 is 16.8 Å². The van der Waals surface area contributed by atoms with E-state index in [1.54, 1.807) is 35.5 Å². The average Bonchev–Trinajstić information content (AvgIpc) is 2.79. The molecule has 0 aliphatic heterocycles. The summed E-state index contributed by atoms with van der Waals surface area (Å²) in [6.07, 6.45) is 2.24. The molecule has 0 saturated carbocycles. The van der Waals surface area contributed by atoms with Crippen molar-refractivity contribution in [3.8, 4) is 0 Å². The van der Waals surface area contributed by atoms with Gasteiger partial charge in [-0.15, -0.1) is 0 Å². The monoisotopic (exact) mass is 449 g/mol. The first-order chi connectivity index (χ1) is 14.0. The van der Waals surface area contributed by atoms with Crippen LogP contribution in [0, 0.1) is 0 Å². The van der Waals surface area contributed by atoms with Crippen molar-refractivity contribution in [3.63, 3.8) is 0 Å². The minimum Gasteiger partial charge on any atom is -0.381 e. The Kier molecular flexibility index (Phi) is 16.4. The van der Waals surface area contributed by atoms with E-state index in [0.717, 1.165) is 24.6 Å². The highest BCUT2D eigenvalue weighted by Crippen LogP contribution is 2.15. The lowest BCUT2D eigenvalue weighted by Gasteiger charge is -2.26. The standard InChI is InChI=1S/C10H17NO3Si.C8H22N2O3Si/c1-12-15(13-2,14-3)9-11-10-7-5-4-6-8-10;1-11-14(12-2,8-4-6-10)13-7-3-5-9/h4-8,11H,9H2,1-3H3;3-10H2,1-2H3. The van der Waals surface area contributed by atoms with Gasteiger partial charge in [0.1, 0.15) is 0 Å². The Morgan fingerprint density at radius 3 is 1.72 bits per heavy atom. The van der Waals surface area contributed by atoms with Crippen LogP contribution in [0.2, 0.25) is 6.04 Å². The van der Waals surface area contributed by atoms with E-state index < -0.39 is 17.6 Å². The minimum atomic E-state index is -2.51. The summed E-state index contributed by atoms with van der Waals surface area (Å²) < 4.78 is 32.2. The average molecular weight is 450 g/mol. The van der Waals surface area contributed by atoms with E-state index in [0.29, 0.717) is 25.9 Å². The molecule has 0 unspecified atom stereocenters. The van der Waals surface area contributed by atoms with Crippen molar-refractivity contribution >= 4 is 23.3 Å². The fourth-order valence-electron chi connectivity index (χ4n) is 2.34. The lowest BCUT2D eigenvalue weighted by Crippen LogP contribution is -2.49. The van der Waals surface area contributed by atoms with Gasteiger partial charge in [-0.05, 0) is 38.1 Å². The number of benzene rings is 1. The lowest BCUT2D eigenvalue weighted by molar-refractivity contribution is 0.0973. The zero-order chi connectivity index (χ0) is 22.0. The molecule has 0 heterocycles. The predicted octanol–water partition coefficient (Wildman–Crippen LogP) is 1.45. The molecule has 0 radical (unpaired) electrons. The largest absolute Gasteiger partial charge is 0.520 e. The van der Waals surface area contributed by atoms with E-state index in [1.165, 1.54) is 0 Å². The van der Waals surface area contributed by atoms with Gasteiger partial charge in [0.15, 0.2) is 0 Å². The van der Waals surface area contributed by atoms with Crippen molar-refractivity contribution in [1.29, 1.82) is 0 Å². The molecule has 1 aromatic rings. The van der Waals surface area contributed by atoms with Crippen molar-refractivity contribution in [1.82, 2.24) is 0 Å². The first-order valence-corrected chi connectivity index (χ1v) is 13.5. The second-order valence-corrected chi connectivity index (χ2v) is 11.9. The highest BCUT2D eigenvalue weighted by molar-refractivity contribution is 6.61. The number of hydrogen-bond donors (Lipinski definition) is 3. The van der Waals surface area contributed by atoms with Crippen LogP contribution in [-0.2, 0) is 26.6 Å². The highest BCUT2D eigenvalue weighted by Gasteiger charge is 2.38. The Hall–Kier alpha value is -0.866. The molecule has 0 aromatic heterocycles. The summed E-state index contributed by atoms with van der Waals surface area (Å²) >= 11 is 0. The Balaban J connectivity index is 0.000000543. The van der Waals surface area contributed by atoms with Crippen LogP contribution in [0.3, 0.4) is 0 Å². The maximum absolute atomic E-state index is 5.63. The summed E-state index contributed by atoms with van der Waals surface area (Å²) in [5, 5.41) is 3.23. The molecule has 0 atom stereocenters. The van der Waals surface area contributed by atoms with Gasteiger partial charge in [0, 0.05) is 53.9 Å². The molecule has 170 valence electrons. The van der Waals surface area contributed by atoms with E-state index in [9.17, 15) is 0 Å². The summed E-state index contributed by atoms with van der Waals surface area (Å²) in [6.45, 7) is 1.84. The molecule has 29 heavy (non-hydrogen) atoms.